The second kappa shape index (κ2) is 7.06. The van der Waals surface area contributed by atoms with Crippen LogP contribution in [0.15, 0.2) is 53.3 Å². The lowest BCUT2D eigenvalue weighted by Crippen LogP contribution is -2.30. The minimum Gasteiger partial charge on any atom is -0.478 e. The van der Waals surface area contributed by atoms with Crippen molar-refractivity contribution in [2.24, 2.45) is 0 Å². The highest BCUT2D eigenvalue weighted by Gasteiger charge is 2.20. The molecule has 132 valence electrons. The molecule has 0 spiro atoms. The van der Waals surface area contributed by atoms with E-state index in [1.165, 1.54) is 49.7 Å². The monoisotopic (exact) mass is 354 g/mol. The summed E-state index contributed by atoms with van der Waals surface area (Å²) in [5, 5.41) is 11.4. The molecule has 0 bridgehead atoms. The average molecular weight is 354 g/mol. The van der Waals surface area contributed by atoms with Gasteiger partial charge in [0.1, 0.15) is 5.52 Å². The molecule has 0 saturated heterocycles. The minimum absolute atomic E-state index is 0.102. The van der Waals surface area contributed by atoms with Crippen molar-refractivity contribution in [1.82, 2.24) is 4.98 Å². The highest BCUT2D eigenvalue weighted by atomic mass is 16.5. The van der Waals surface area contributed by atoms with E-state index in [0.717, 1.165) is 0 Å². The molecule has 1 unspecified atom stereocenters. The first kappa shape index (κ1) is 17.2. The molecule has 0 fully saturated rings. The van der Waals surface area contributed by atoms with E-state index in [2.05, 4.69) is 10.3 Å². The van der Waals surface area contributed by atoms with Crippen LogP contribution < -0.4 is 5.32 Å². The highest BCUT2D eigenvalue weighted by molar-refractivity contribution is 5.98. The smallest absolute Gasteiger partial charge is 0.339 e. The first-order chi connectivity index (χ1) is 12.4. The van der Waals surface area contributed by atoms with Crippen LogP contribution in [-0.4, -0.2) is 34.0 Å². The lowest BCUT2D eigenvalue weighted by molar-refractivity contribution is -0.123. The van der Waals surface area contributed by atoms with Gasteiger partial charge in [-0.15, -0.1) is 0 Å². The van der Waals surface area contributed by atoms with E-state index in [1.807, 2.05) is 0 Å². The van der Waals surface area contributed by atoms with Crippen LogP contribution in [-0.2, 0) is 9.53 Å². The predicted molar refractivity (Wildman–Crippen MR) is 90.9 cm³/mol. The molecule has 3 rings (SSSR count). The Balaban J connectivity index is 1.62. The van der Waals surface area contributed by atoms with E-state index < -0.39 is 23.9 Å². The number of ether oxygens (including phenoxy) is 1. The lowest BCUT2D eigenvalue weighted by Gasteiger charge is -2.13. The molecular formula is C18H14N2O6. The number of nitrogens with zero attached hydrogens (tertiary/aromatic N) is 1. The number of amides is 1. The molecule has 2 aromatic carbocycles. The van der Waals surface area contributed by atoms with Gasteiger partial charge in [0.2, 0.25) is 0 Å². The second-order valence-corrected chi connectivity index (χ2v) is 5.45. The summed E-state index contributed by atoms with van der Waals surface area (Å²) in [6.45, 7) is 1.44. The van der Waals surface area contributed by atoms with Crippen molar-refractivity contribution in [2.45, 2.75) is 13.0 Å². The summed E-state index contributed by atoms with van der Waals surface area (Å²) >= 11 is 0. The van der Waals surface area contributed by atoms with E-state index in [-0.39, 0.29) is 11.1 Å². The number of carboxylic acids is 1. The Morgan fingerprint density at radius 2 is 1.81 bits per heavy atom. The average Bonchev–Trinajstić information content (AvgIpc) is 3.09. The zero-order valence-corrected chi connectivity index (χ0v) is 13.6. The molecule has 1 atom stereocenters. The molecule has 1 aromatic heterocycles. The number of anilines is 1. The number of esters is 1. The van der Waals surface area contributed by atoms with Gasteiger partial charge in [-0.2, -0.15) is 0 Å². The normalized spacial score (nSPS) is 11.7. The van der Waals surface area contributed by atoms with Crippen LogP contribution in [0.25, 0.3) is 11.1 Å². The number of carbonyl (C=O) groups excluding carboxylic acids is 2. The van der Waals surface area contributed by atoms with Crippen LogP contribution in [0.1, 0.15) is 27.6 Å². The second-order valence-electron chi connectivity index (χ2n) is 5.45. The Morgan fingerprint density at radius 3 is 2.50 bits per heavy atom. The Morgan fingerprint density at radius 1 is 1.12 bits per heavy atom. The van der Waals surface area contributed by atoms with Gasteiger partial charge < -0.3 is 19.6 Å². The van der Waals surface area contributed by atoms with E-state index in [1.54, 1.807) is 6.07 Å². The third-order valence-corrected chi connectivity index (χ3v) is 3.62. The predicted octanol–water partition coefficient (Wildman–Crippen LogP) is 2.71. The van der Waals surface area contributed by atoms with Crippen molar-refractivity contribution in [1.29, 1.82) is 0 Å². The lowest BCUT2D eigenvalue weighted by atomic mass is 10.2. The molecule has 0 aliphatic heterocycles. The van der Waals surface area contributed by atoms with Gasteiger partial charge in [-0.05, 0) is 49.4 Å². The Hall–Kier alpha value is -3.68. The maximum absolute atomic E-state index is 12.2. The molecule has 8 heteroatoms. The number of rotatable bonds is 5. The fraction of sp³-hybridized carbons (Fsp3) is 0.111. The maximum Gasteiger partial charge on any atom is 0.339 e. The first-order valence-corrected chi connectivity index (χ1v) is 7.62. The first-order valence-electron chi connectivity index (χ1n) is 7.62. The van der Waals surface area contributed by atoms with Gasteiger partial charge in [0.05, 0.1) is 11.1 Å². The summed E-state index contributed by atoms with van der Waals surface area (Å²) in [6.07, 6.45) is 0.220. The molecule has 26 heavy (non-hydrogen) atoms. The number of oxazole rings is 1. The standard InChI is InChI=1S/C18H14N2O6/c1-10(16(21)20-13-5-2-11(3-6-13)17(22)23)26-18(24)12-4-7-14-15(8-12)25-9-19-14/h2-10H,1H3,(H,20,21)(H,22,23). The van der Waals surface area contributed by atoms with E-state index >= 15 is 0 Å². The molecule has 3 aromatic rings. The molecule has 8 nitrogen and oxygen atoms in total. The van der Waals surface area contributed by atoms with Gasteiger partial charge in [-0.25, -0.2) is 14.6 Å². The summed E-state index contributed by atoms with van der Waals surface area (Å²) < 4.78 is 10.3. The number of nitrogens with one attached hydrogen (secondary N) is 1. The topological polar surface area (TPSA) is 119 Å². The maximum atomic E-state index is 12.2. The number of aromatic carboxylic acids is 1. The van der Waals surface area contributed by atoms with Gasteiger partial charge in [0.15, 0.2) is 18.1 Å². The summed E-state index contributed by atoms with van der Waals surface area (Å²) in [5.74, 6) is -2.27. The van der Waals surface area contributed by atoms with Gasteiger partial charge in [-0.1, -0.05) is 0 Å². The summed E-state index contributed by atoms with van der Waals surface area (Å²) in [7, 11) is 0. The van der Waals surface area contributed by atoms with Crippen LogP contribution >= 0.6 is 0 Å². The number of fused-ring (bicyclic) bond motifs is 1. The Labute approximate surface area is 147 Å². The number of carbonyl (C=O) groups is 3. The number of carboxylic acid groups (broad SMARTS) is 1. The molecule has 0 radical (unpaired) electrons. The van der Waals surface area contributed by atoms with Crippen LogP contribution in [0.5, 0.6) is 0 Å². The summed E-state index contributed by atoms with van der Waals surface area (Å²) in [6, 6.07) is 10.3. The van der Waals surface area contributed by atoms with Crippen molar-refractivity contribution >= 4 is 34.6 Å². The molecule has 0 saturated carbocycles. The molecule has 1 amide bonds. The Bertz CT molecular complexity index is 977. The van der Waals surface area contributed by atoms with Gasteiger partial charge >= 0.3 is 11.9 Å². The van der Waals surface area contributed by atoms with Crippen molar-refractivity contribution in [2.75, 3.05) is 5.32 Å². The number of aromatic nitrogens is 1. The van der Waals surface area contributed by atoms with Crippen molar-refractivity contribution in [3.05, 3.63) is 60.0 Å². The van der Waals surface area contributed by atoms with E-state index in [4.69, 9.17) is 14.3 Å². The number of hydrogen-bond acceptors (Lipinski definition) is 6. The van der Waals surface area contributed by atoms with Gasteiger partial charge in [0.25, 0.3) is 5.91 Å². The highest BCUT2D eigenvalue weighted by Crippen LogP contribution is 2.16. The molecular weight excluding hydrogens is 340 g/mol. The van der Waals surface area contributed by atoms with Gasteiger partial charge in [-0.3, -0.25) is 4.79 Å². The fourth-order valence-corrected chi connectivity index (χ4v) is 2.20. The van der Waals surface area contributed by atoms with E-state index in [0.29, 0.717) is 16.8 Å². The molecule has 0 aliphatic carbocycles. The van der Waals surface area contributed by atoms with Crippen LogP contribution in [0.2, 0.25) is 0 Å². The quantitative estimate of drug-likeness (QED) is 0.676. The van der Waals surface area contributed by atoms with Crippen molar-refractivity contribution < 1.29 is 28.6 Å². The van der Waals surface area contributed by atoms with Crippen LogP contribution in [0.3, 0.4) is 0 Å². The third-order valence-electron chi connectivity index (χ3n) is 3.62. The largest absolute Gasteiger partial charge is 0.478 e. The summed E-state index contributed by atoms with van der Waals surface area (Å²) in [5.41, 5.74) is 1.78. The summed E-state index contributed by atoms with van der Waals surface area (Å²) in [4.78, 5) is 39.1. The zero-order valence-electron chi connectivity index (χ0n) is 13.6. The van der Waals surface area contributed by atoms with E-state index in [9.17, 15) is 14.4 Å². The van der Waals surface area contributed by atoms with Crippen LogP contribution in [0.4, 0.5) is 5.69 Å². The fourth-order valence-electron chi connectivity index (χ4n) is 2.20. The van der Waals surface area contributed by atoms with Crippen LogP contribution in [0, 0.1) is 0 Å². The van der Waals surface area contributed by atoms with Crippen molar-refractivity contribution in [3.8, 4) is 0 Å². The Kier molecular flexibility index (Phi) is 4.66. The number of benzene rings is 2. The van der Waals surface area contributed by atoms with Crippen molar-refractivity contribution in [3.63, 3.8) is 0 Å². The third kappa shape index (κ3) is 3.69. The zero-order chi connectivity index (χ0) is 18.7. The van der Waals surface area contributed by atoms with Gasteiger partial charge in [0, 0.05) is 5.69 Å². The SMILES string of the molecule is CC(OC(=O)c1ccc2ncoc2c1)C(=O)Nc1ccc(C(=O)O)cc1. The molecule has 2 N–H and O–H groups in total. The minimum atomic E-state index is -1.06. The molecule has 1 heterocycles. The molecule has 0 aliphatic rings. The number of hydrogen-bond donors (Lipinski definition) is 2.